The minimum absolute atomic E-state index is 0.156. The predicted molar refractivity (Wildman–Crippen MR) is 89.9 cm³/mol. The summed E-state index contributed by atoms with van der Waals surface area (Å²) >= 11 is 1.27. The van der Waals surface area contributed by atoms with Gasteiger partial charge in [-0.2, -0.15) is 13.2 Å². The van der Waals surface area contributed by atoms with Gasteiger partial charge in [-0.3, -0.25) is 4.79 Å². The first kappa shape index (κ1) is 17.5. The van der Waals surface area contributed by atoms with Crippen molar-refractivity contribution in [3.05, 3.63) is 51.5 Å². The Morgan fingerprint density at radius 1 is 1.42 bits per heavy atom. The Kier molecular flexibility index (Phi) is 4.07. The van der Waals surface area contributed by atoms with Crippen LogP contribution in [0.4, 0.5) is 13.2 Å². The fourth-order valence-corrected chi connectivity index (χ4v) is 4.27. The van der Waals surface area contributed by atoms with Crippen molar-refractivity contribution in [3.8, 4) is 0 Å². The number of likely N-dealkylation sites (tertiary alicyclic amines) is 1. The van der Waals surface area contributed by atoms with Crippen LogP contribution in [0.25, 0.3) is 0 Å². The van der Waals surface area contributed by atoms with Crippen molar-refractivity contribution < 1.29 is 23.1 Å². The van der Waals surface area contributed by atoms with E-state index in [1.165, 1.54) is 17.4 Å². The molecule has 1 aliphatic carbocycles. The van der Waals surface area contributed by atoms with Crippen LogP contribution in [-0.2, 0) is 12.6 Å². The number of halogens is 3. The number of aromatic nitrogens is 1. The van der Waals surface area contributed by atoms with E-state index in [0.717, 1.165) is 18.6 Å². The van der Waals surface area contributed by atoms with Crippen LogP contribution >= 0.6 is 11.3 Å². The zero-order valence-corrected chi connectivity index (χ0v) is 14.6. The summed E-state index contributed by atoms with van der Waals surface area (Å²) in [5.74, 6) is -0.0195. The summed E-state index contributed by atoms with van der Waals surface area (Å²) in [7, 11) is 0. The Morgan fingerprint density at radius 2 is 2.23 bits per heavy atom. The molecule has 1 aromatic heterocycles. The van der Waals surface area contributed by atoms with E-state index in [1.807, 2.05) is 0 Å². The summed E-state index contributed by atoms with van der Waals surface area (Å²) < 4.78 is 38.4. The average molecular weight is 382 g/mol. The lowest BCUT2D eigenvalue weighted by Crippen LogP contribution is -2.41. The number of aliphatic hydroxyl groups is 1. The lowest BCUT2D eigenvalue weighted by molar-refractivity contribution is -0.137. The van der Waals surface area contributed by atoms with Crippen molar-refractivity contribution in [2.24, 2.45) is 5.92 Å². The Balaban J connectivity index is 1.44. The van der Waals surface area contributed by atoms with E-state index in [-0.39, 0.29) is 18.2 Å². The molecule has 8 heteroatoms. The molecule has 0 bridgehead atoms. The van der Waals surface area contributed by atoms with Gasteiger partial charge < -0.3 is 10.0 Å². The number of carbonyl (C=O) groups excluding carboxylic acids is 1. The van der Waals surface area contributed by atoms with Gasteiger partial charge in [0.25, 0.3) is 5.91 Å². The molecule has 0 unspecified atom stereocenters. The monoisotopic (exact) mass is 382 g/mol. The molecule has 1 N–H and O–H groups in total. The van der Waals surface area contributed by atoms with Gasteiger partial charge in [0, 0.05) is 30.8 Å². The third-order valence-corrected chi connectivity index (χ3v) is 5.97. The van der Waals surface area contributed by atoms with Crippen LogP contribution in [-0.4, -0.2) is 39.6 Å². The number of hydrogen-bond acceptors (Lipinski definition) is 4. The number of rotatable bonds is 3. The van der Waals surface area contributed by atoms with E-state index >= 15 is 0 Å². The van der Waals surface area contributed by atoms with Gasteiger partial charge in [0.05, 0.1) is 16.2 Å². The second-order valence-electron chi connectivity index (χ2n) is 7.01. The lowest BCUT2D eigenvalue weighted by Gasteiger charge is -2.28. The summed E-state index contributed by atoms with van der Waals surface area (Å²) in [6.45, 7) is 1.04. The van der Waals surface area contributed by atoms with E-state index in [9.17, 15) is 23.1 Å². The molecule has 1 saturated heterocycles. The number of piperidine rings is 1. The predicted octanol–water partition coefficient (Wildman–Crippen LogP) is 3.35. The first-order valence-corrected chi connectivity index (χ1v) is 9.25. The molecule has 138 valence electrons. The third-order valence-electron chi connectivity index (χ3n) is 5.12. The fourth-order valence-electron chi connectivity index (χ4n) is 3.46. The van der Waals surface area contributed by atoms with Gasteiger partial charge in [-0.15, -0.1) is 11.3 Å². The zero-order valence-electron chi connectivity index (χ0n) is 13.8. The number of amides is 1. The first-order valence-electron chi connectivity index (χ1n) is 8.37. The molecule has 0 radical (unpaired) electrons. The number of alkyl halides is 3. The molecular formula is C18H17F3N2O2S. The molecule has 1 aromatic carbocycles. The summed E-state index contributed by atoms with van der Waals surface area (Å²) in [5, 5.41) is 12.3. The molecule has 1 saturated carbocycles. The van der Waals surface area contributed by atoms with Gasteiger partial charge in [0.15, 0.2) is 0 Å². The molecule has 1 amide bonds. The maximum Gasteiger partial charge on any atom is 0.416 e. The second kappa shape index (κ2) is 6.06. The Morgan fingerprint density at radius 3 is 2.96 bits per heavy atom. The van der Waals surface area contributed by atoms with Gasteiger partial charge in [-0.1, -0.05) is 18.2 Å². The smallest absolute Gasteiger partial charge is 0.389 e. The minimum Gasteiger partial charge on any atom is -0.389 e. The van der Waals surface area contributed by atoms with Crippen molar-refractivity contribution in [1.82, 2.24) is 9.88 Å². The van der Waals surface area contributed by atoms with E-state index < -0.39 is 17.3 Å². The van der Waals surface area contributed by atoms with Crippen molar-refractivity contribution in [3.63, 3.8) is 0 Å². The molecule has 2 heterocycles. The topological polar surface area (TPSA) is 53.4 Å². The average Bonchev–Trinajstić information content (AvgIpc) is 3.05. The molecule has 4 nitrogen and oxygen atoms in total. The van der Waals surface area contributed by atoms with Crippen LogP contribution in [0.1, 0.15) is 39.5 Å². The Bertz CT molecular complexity index is 851. The molecular weight excluding hydrogens is 365 g/mol. The SMILES string of the molecule is O=C(c1csc(Cc2cccc(C(F)(F)F)c2)n1)N1CC[C@@]2(O)C[C@H]2C1. The van der Waals surface area contributed by atoms with Crippen molar-refractivity contribution in [1.29, 1.82) is 0 Å². The molecule has 2 aromatic rings. The van der Waals surface area contributed by atoms with Crippen molar-refractivity contribution in [2.45, 2.75) is 31.0 Å². The highest BCUT2D eigenvalue weighted by Gasteiger charge is 2.56. The van der Waals surface area contributed by atoms with Crippen molar-refractivity contribution >= 4 is 17.2 Å². The highest BCUT2D eigenvalue weighted by atomic mass is 32.1. The third kappa shape index (κ3) is 3.35. The summed E-state index contributed by atoms with van der Waals surface area (Å²) in [4.78, 5) is 18.6. The Hall–Kier alpha value is -1.93. The number of fused-ring (bicyclic) bond motifs is 1. The maximum atomic E-state index is 12.8. The van der Waals surface area contributed by atoms with Gasteiger partial charge in [-0.25, -0.2) is 4.98 Å². The van der Waals surface area contributed by atoms with Crippen LogP contribution < -0.4 is 0 Å². The molecule has 4 rings (SSSR count). The fraction of sp³-hybridized carbons (Fsp3) is 0.444. The Labute approximate surface area is 152 Å². The van der Waals surface area contributed by atoms with Crippen LogP contribution in [0.2, 0.25) is 0 Å². The summed E-state index contributed by atoms with van der Waals surface area (Å²) in [6, 6.07) is 5.15. The highest BCUT2D eigenvalue weighted by molar-refractivity contribution is 7.09. The van der Waals surface area contributed by atoms with Crippen LogP contribution in [0.15, 0.2) is 29.6 Å². The summed E-state index contributed by atoms with van der Waals surface area (Å²) in [6.07, 6.45) is -2.79. The minimum atomic E-state index is -4.38. The van der Waals surface area contributed by atoms with Crippen molar-refractivity contribution in [2.75, 3.05) is 13.1 Å². The molecule has 26 heavy (non-hydrogen) atoms. The van der Waals surface area contributed by atoms with Gasteiger partial charge in [0.1, 0.15) is 5.69 Å². The van der Waals surface area contributed by atoms with Crippen LogP contribution in [0.5, 0.6) is 0 Å². The van der Waals surface area contributed by atoms with Crippen LogP contribution in [0.3, 0.4) is 0 Å². The van der Waals surface area contributed by atoms with Gasteiger partial charge >= 0.3 is 6.18 Å². The number of carbonyl (C=O) groups is 1. The first-order chi connectivity index (χ1) is 12.2. The highest BCUT2D eigenvalue weighted by Crippen LogP contribution is 2.49. The van der Waals surface area contributed by atoms with Gasteiger partial charge in [-0.05, 0) is 24.5 Å². The number of hydrogen-bond donors (Lipinski definition) is 1. The quantitative estimate of drug-likeness (QED) is 0.886. The normalized spacial score (nSPS) is 25.1. The largest absolute Gasteiger partial charge is 0.416 e. The maximum absolute atomic E-state index is 12.8. The van der Waals surface area contributed by atoms with E-state index in [0.29, 0.717) is 35.8 Å². The molecule has 2 atom stereocenters. The summed E-state index contributed by atoms with van der Waals surface area (Å²) in [5.41, 5.74) is -0.432. The van der Waals surface area contributed by atoms with E-state index in [4.69, 9.17) is 0 Å². The number of nitrogens with zero attached hydrogens (tertiary/aromatic N) is 2. The van der Waals surface area contributed by atoms with Crippen LogP contribution in [0, 0.1) is 5.92 Å². The van der Waals surface area contributed by atoms with Gasteiger partial charge in [0.2, 0.25) is 0 Å². The zero-order chi connectivity index (χ0) is 18.5. The number of benzene rings is 1. The molecule has 0 spiro atoms. The molecule has 1 aliphatic heterocycles. The molecule has 2 aliphatic rings. The standard InChI is InChI=1S/C18H17F3N2O2S/c19-18(20,21)12-3-1-2-11(6-12)7-15-22-14(10-26-15)16(24)23-5-4-17(25)8-13(17)9-23/h1-3,6,10,13,25H,4-5,7-9H2/t13-,17+/m0/s1. The molecule has 2 fully saturated rings. The number of thiazole rings is 1. The van der Waals surface area contributed by atoms with E-state index in [2.05, 4.69) is 4.98 Å². The second-order valence-corrected chi connectivity index (χ2v) is 7.95. The van der Waals surface area contributed by atoms with E-state index in [1.54, 1.807) is 16.3 Å². The lowest BCUT2D eigenvalue weighted by atomic mass is 10.1.